The van der Waals surface area contributed by atoms with Gasteiger partial charge in [-0.3, -0.25) is 9.59 Å². The number of halogens is 3. The van der Waals surface area contributed by atoms with E-state index in [2.05, 4.69) is 20.2 Å². The number of hydrogen-bond donors (Lipinski definition) is 1. The third kappa shape index (κ3) is 5.81. The van der Waals surface area contributed by atoms with Gasteiger partial charge in [0.15, 0.2) is 29.4 Å². The molecule has 0 saturated carbocycles. The lowest BCUT2D eigenvalue weighted by molar-refractivity contribution is -0.141. The van der Waals surface area contributed by atoms with Crippen molar-refractivity contribution in [1.29, 1.82) is 0 Å². The van der Waals surface area contributed by atoms with Gasteiger partial charge in [-0.05, 0) is 30.1 Å². The number of furan rings is 1. The van der Waals surface area contributed by atoms with Gasteiger partial charge in [0.25, 0.3) is 0 Å². The maximum Gasteiger partial charge on any atom is 0.433 e. The van der Waals surface area contributed by atoms with Crippen LogP contribution in [0.15, 0.2) is 51.8 Å². The zero-order valence-electron chi connectivity index (χ0n) is 16.7. The van der Waals surface area contributed by atoms with Crippen LogP contribution in [0.4, 0.5) is 19.0 Å². The van der Waals surface area contributed by atoms with Crippen LogP contribution in [0.25, 0.3) is 17.2 Å². The second-order valence-corrected chi connectivity index (χ2v) is 6.32. The smallest absolute Gasteiger partial charge is 0.433 e. The van der Waals surface area contributed by atoms with Gasteiger partial charge in [-0.1, -0.05) is 6.07 Å². The third-order valence-electron chi connectivity index (χ3n) is 3.88. The second kappa shape index (κ2) is 9.33. The summed E-state index contributed by atoms with van der Waals surface area (Å²) in [6.07, 6.45) is -2.44. The lowest BCUT2D eigenvalue weighted by Gasteiger charge is -2.06. The number of carbonyl (C=O) groups is 2. The molecule has 0 radical (unpaired) electrons. The Morgan fingerprint density at radius 2 is 1.97 bits per heavy atom. The normalized spacial score (nSPS) is 11.0. The Hall–Kier alpha value is -4.49. The number of alkyl halides is 3. The summed E-state index contributed by atoms with van der Waals surface area (Å²) >= 11 is 0. The van der Waals surface area contributed by atoms with Crippen LogP contribution < -0.4 is 0 Å². The van der Waals surface area contributed by atoms with Gasteiger partial charge in [0.2, 0.25) is 0 Å². The molecule has 33 heavy (non-hydrogen) atoms. The Bertz CT molecular complexity index is 1280. The van der Waals surface area contributed by atoms with Crippen LogP contribution in [0.3, 0.4) is 0 Å². The van der Waals surface area contributed by atoms with Crippen LogP contribution in [-0.4, -0.2) is 41.8 Å². The Labute approximate surface area is 182 Å². The quantitative estimate of drug-likeness (QED) is 0.426. The number of rotatable bonds is 5. The van der Waals surface area contributed by atoms with Crippen LogP contribution >= 0.6 is 0 Å². The summed E-state index contributed by atoms with van der Waals surface area (Å²) in [5, 5.41) is 16.4. The number of nitrogens with one attached hydrogen (secondary N) is 1. The molecule has 0 aromatic carbocycles. The van der Waals surface area contributed by atoms with Crippen molar-refractivity contribution in [2.24, 2.45) is 0 Å². The van der Waals surface area contributed by atoms with Gasteiger partial charge in [-0.2, -0.15) is 18.3 Å². The zero-order valence-corrected chi connectivity index (χ0v) is 16.7. The Morgan fingerprint density at radius 1 is 1.21 bits per heavy atom. The number of carboxylic acids is 1. The molecule has 0 aliphatic heterocycles. The van der Waals surface area contributed by atoms with E-state index in [0.29, 0.717) is 18.1 Å². The standard InChI is InChI=1S/C10H5F3N2O3.C9H9N4O2/c11-10(12,13)6-3-1-2-5(15-6)8-7(9(16)17)14-4-18-8;1-6(14)8-3-2-7(15-8)5-13-11-4-9(10)12-13/h1-4H,(H,16,17);2-4H,5H2,1H3,(H-,10,12)/q;-1. The number of carbonyl (C=O) groups excluding carboxylic acids is 1. The van der Waals surface area contributed by atoms with Gasteiger partial charge >= 0.3 is 12.1 Å². The lowest BCUT2D eigenvalue weighted by atomic mass is 10.2. The summed E-state index contributed by atoms with van der Waals surface area (Å²) in [5.41, 5.74) is 5.32. The van der Waals surface area contributed by atoms with E-state index in [9.17, 15) is 22.8 Å². The number of aromatic carboxylic acids is 1. The molecular formula is C19H14F3N6O5-. The molecule has 14 heteroatoms. The number of hydrogen-bond acceptors (Lipinski definition) is 8. The van der Waals surface area contributed by atoms with E-state index in [1.165, 1.54) is 24.0 Å². The summed E-state index contributed by atoms with van der Waals surface area (Å²) in [7, 11) is 0. The second-order valence-electron chi connectivity index (χ2n) is 6.32. The van der Waals surface area contributed by atoms with Crippen molar-refractivity contribution in [1.82, 2.24) is 25.0 Å². The molecule has 2 N–H and O–H groups in total. The first kappa shape index (κ1) is 23.2. The van der Waals surface area contributed by atoms with Crippen molar-refractivity contribution in [3.05, 3.63) is 71.6 Å². The Balaban J connectivity index is 0.000000189. The number of pyridine rings is 1. The highest BCUT2D eigenvalue weighted by molar-refractivity contribution is 5.91. The van der Waals surface area contributed by atoms with Crippen LogP contribution in [0, 0.1) is 0 Å². The van der Waals surface area contributed by atoms with Crippen molar-refractivity contribution >= 4 is 17.6 Å². The fraction of sp³-hybridized carbons (Fsp3) is 0.158. The van der Waals surface area contributed by atoms with E-state index in [0.717, 1.165) is 18.5 Å². The van der Waals surface area contributed by atoms with E-state index < -0.39 is 23.5 Å². The molecule has 4 aromatic rings. The Morgan fingerprint density at radius 3 is 2.55 bits per heavy atom. The summed E-state index contributed by atoms with van der Waals surface area (Å²) in [4.78, 5) is 29.8. The molecule has 4 heterocycles. The van der Waals surface area contributed by atoms with Crippen molar-refractivity contribution < 1.29 is 36.7 Å². The minimum Gasteiger partial charge on any atom is -0.480 e. The molecule has 4 aromatic heterocycles. The fourth-order valence-electron chi connectivity index (χ4n) is 2.46. The first-order valence-electron chi connectivity index (χ1n) is 8.97. The van der Waals surface area contributed by atoms with Gasteiger partial charge in [0.1, 0.15) is 17.1 Å². The average molecular weight is 463 g/mol. The summed E-state index contributed by atoms with van der Waals surface area (Å²) in [6.45, 7) is 1.77. The monoisotopic (exact) mass is 463 g/mol. The van der Waals surface area contributed by atoms with Crippen molar-refractivity contribution in [3.8, 4) is 11.5 Å². The van der Waals surface area contributed by atoms with Crippen molar-refractivity contribution in [3.63, 3.8) is 0 Å². The molecule has 4 rings (SSSR count). The van der Waals surface area contributed by atoms with Gasteiger partial charge in [-0.15, -0.1) is 0 Å². The molecule has 0 fully saturated rings. The maximum atomic E-state index is 12.4. The molecule has 0 bridgehead atoms. The third-order valence-corrected chi connectivity index (χ3v) is 3.88. The predicted octanol–water partition coefficient (Wildman–Crippen LogP) is 4.26. The first-order chi connectivity index (χ1) is 15.5. The average Bonchev–Trinajstić information content (AvgIpc) is 3.49. The topological polar surface area (TPSA) is 161 Å². The van der Waals surface area contributed by atoms with Gasteiger partial charge in [-0.25, -0.2) is 14.8 Å². The number of ketones is 1. The van der Waals surface area contributed by atoms with Gasteiger partial charge in [0, 0.05) is 13.1 Å². The van der Waals surface area contributed by atoms with Crippen LogP contribution in [0.5, 0.6) is 0 Å². The molecule has 0 amide bonds. The zero-order chi connectivity index (χ0) is 24.2. The molecule has 0 aliphatic rings. The van der Waals surface area contributed by atoms with E-state index in [1.807, 2.05) is 0 Å². The number of oxazole rings is 1. The van der Waals surface area contributed by atoms with Crippen LogP contribution in [-0.2, 0) is 12.7 Å². The maximum absolute atomic E-state index is 12.4. The summed E-state index contributed by atoms with van der Waals surface area (Å²) < 4.78 is 47.3. The summed E-state index contributed by atoms with van der Waals surface area (Å²) in [6, 6.07) is 6.41. The SMILES string of the molecule is CC(=O)c1ccc(Cn2ncc([NH-])n2)o1.O=C(O)c1ncoc1-c1cccc(C(F)(F)F)n1. The highest BCUT2D eigenvalue weighted by atomic mass is 19.4. The van der Waals surface area contributed by atoms with Crippen molar-refractivity contribution in [2.45, 2.75) is 19.6 Å². The molecule has 0 spiro atoms. The van der Waals surface area contributed by atoms with E-state index in [1.54, 1.807) is 12.1 Å². The molecule has 172 valence electrons. The number of aromatic nitrogens is 5. The lowest BCUT2D eigenvalue weighted by Crippen LogP contribution is -2.08. The Kier molecular flexibility index (Phi) is 6.56. The summed E-state index contributed by atoms with van der Waals surface area (Å²) in [5.74, 6) is -0.810. The number of nitrogens with zero attached hydrogens (tertiary/aromatic N) is 5. The van der Waals surface area contributed by atoms with Gasteiger partial charge < -0.3 is 24.8 Å². The molecule has 11 nitrogen and oxygen atoms in total. The largest absolute Gasteiger partial charge is 0.480 e. The van der Waals surface area contributed by atoms with Crippen LogP contribution in [0.2, 0.25) is 0 Å². The van der Waals surface area contributed by atoms with E-state index in [-0.39, 0.29) is 23.1 Å². The predicted molar refractivity (Wildman–Crippen MR) is 104 cm³/mol. The molecule has 0 aliphatic carbocycles. The minimum atomic E-state index is -4.61. The number of Topliss-reactive ketones (excluding diaryl/α,β-unsaturated/α-hetero) is 1. The molecule has 0 atom stereocenters. The highest BCUT2D eigenvalue weighted by Crippen LogP contribution is 2.30. The minimum absolute atomic E-state index is 0.105. The van der Waals surface area contributed by atoms with Gasteiger partial charge in [0.05, 0.1) is 6.54 Å². The van der Waals surface area contributed by atoms with Crippen LogP contribution in [0.1, 0.15) is 39.4 Å². The number of carboxylic acid groups (broad SMARTS) is 1. The highest BCUT2D eigenvalue weighted by Gasteiger charge is 2.33. The van der Waals surface area contributed by atoms with Crippen molar-refractivity contribution in [2.75, 3.05) is 0 Å². The fourth-order valence-corrected chi connectivity index (χ4v) is 2.46. The van der Waals surface area contributed by atoms with E-state index >= 15 is 0 Å². The first-order valence-corrected chi connectivity index (χ1v) is 8.97. The molecule has 0 unspecified atom stereocenters. The molecule has 0 saturated heterocycles. The van der Waals surface area contributed by atoms with E-state index in [4.69, 9.17) is 19.7 Å². The molecular weight excluding hydrogens is 449 g/mol.